The minimum absolute atomic E-state index is 0.219. The van der Waals surface area contributed by atoms with Crippen molar-refractivity contribution in [2.75, 3.05) is 10.6 Å². The molecule has 3 rings (SSSR count). The summed E-state index contributed by atoms with van der Waals surface area (Å²) in [7, 11) is 0. The molecule has 7 heteroatoms. The van der Waals surface area contributed by atoms with Gasteiger partial charge in [0.05, 0.1) is 0 Å². The van der Waals surface area contributed by atoms with E-state index in [1.807, 2.05) is 6.92 Å². The van der Waals surface area contributed by atoms with Crippen LogP contribution >= 0.6 is 11.6 Å². The summed E-state index contributed by atoms with van der Waals surface area (Å²) in [6, 6.07) is 12.6. The molecule has 0 spiro atoms. The maximum atomic E-state index is 13.0. The Hall–Kier alpha value is -2.99. The summed E-state index contributed by atoms with van der Waals surface area (Å²) in [5.41, 5.74) is 2.97. The number of nitrogens with one attached hydrogen (secondary N) is 2. The molecule has 0 aliphatic rings. The van der Waals surface area contributed by atoms with E-state index >= 15 is 0 Å². The van der Waals surface area contributed by atoms with Gasteiger partial charge in [-0.05, 0) is 67.9 Å². The van der Waals surface area contributed by atoms with Crippen LogP contribution in [0.15, 0.2) is 48.5 Å². The SMILES string of the molecule is Cc1cc(C(=O)Nc2ccc(Cl)cc2C)nc(Nc2ccc(F)cc2)n1. The summed E-state index contributed by atoms with van der Waals surface area (Å²) < 4.78 is 13.0. The molecule has 132 valence electrons. The van der Waals surface area contributed by atoms with Gasteiger partial charge in [0.15, 0.2) is 0 Å². The third-order valence-corrected chi connectivity index (χ3v) is 3.86. The van der Waals surface area contributed by atoms with Crippen LogP contribution in [0.4, 0.5) is 21.7 Å². The van der Waals surface area contributed by atoms with Crippen LogP contribution in [0.1, 0.15) is 21.7 Å². The van der Waals surface area contributed by atoms with Gasteiger partial charge >= 0.3 is 0 Å². The molecule has 1 amide bonds. The number of nitrogens with zero attached hydrogens (tertiary/aromatic N) is 2. The number of amides is 1. The third-order valence-electron chi connectivity index (χ3n) is 3.62. The van der Waals surface area contributed by atoms with Crippen LogP contribution in [0.5, 0.6) is 0 Å². The summed E-state index contributed by atoms with van der Waals surface area (Å²) in [6.45, 7) is 3.62. The Balaban J connectivity index is 1.82. The third kappa shape index (κ3) is 4.34. The smallest absolute Gasteiger partial charge is 0.274 e. The molecule has 0 fully saturated rings. The van der Waals surface area contributed by atoms with Gasteiger partial charge in [0.25, 0.3) is 5.91 Å². The fourth-order valence-corrected chi connectivity index (χ4v) is 2.58. The highest BCUT2D eigenvalue weighted by Crippen LogP contribution is 2.21. The molecule has 0 aliphatic heterocycles. The Morgan fingerprint density at radius 3 is 2.46 bits per heavy atom. The molecule has 2 N–H and O–H groups in total. The average molecular weight is 371 g/mol. The molecule has 0 aliphatic carbocycles. The highest BCUT2D eigenvalue weighted by atomic mass is 35.5. The van der Waals surface area contributed by atoms with E-state index in [0.29, 0.717) is 22.1 Å². The number of halogens is 2. The molecule has 0 saturated heterocycles. The van der Waals surface area contributed by atoms with Crippen molar-refractivity contribution in [3.05, 3.63) is 76.3 Å². The van der Waals surface area contributed by atoms with E-state index < -0.39 is 0 Å². The van der Waals surface area contributed by atoms with Crippen molar-refractivity contribution in [3.63, 3.8) is 0 Å². The Kier molecular flexibility index (Phi) is 5.14. The zero-order chi connectivity index (χ0) is 18.7. The minimum Gasteiger partial charge on any atom is -0.324 e. The largest absolute Gasteiger partial charge is 0.324 e. The monoisotopic (exact) mass is 370 g/mol. The van der Waals surface area contributed by atoms with E-state index in [2.05, 4.69) is 20.6 Å². The number of aromatic nitrogens is 2. The van der Waals surface area contributed by atoms with Crippen molar-refractivity contribution in [2.45, 2.75) is 13.8 Å². The van der Waals surface area contributed by atoms with Gasteiger partial charge in [-0.15, -0.1) is 0 Å². The minimum atomic E-state index is -0.358. The Morgan fingerprint density at radius 1 is 1.04 bits per heavy atom. The first-order chi connectivity index (χ1) is 12.4. The van der Waals surface area contributed by atoms with Gasteiger partial charge in [0.1, 0.15) is 11.5 Å². The number of benzene rings is 2. The van der Waals surface area contributed by atoms with E-state index in [1.54, 1.807) is 43.3 Å². The van der Waals surface area contributed by atoms with Crippen molar-refractivity contribution in [3.8, 4) is 0 Å². The number of hydrogen-bond donors (Lipinski definition) is 2. The molecule has 0 saturated carbocycles. The normalized spacial score (nSPS) is 10.5. The Labute approximate surface area is 155 Å². The predicted molar refractivity (Wildman–Crippen MR) is 101 cm³/mol. The lowest BCUT2D eigenvalue weighted by Crippen LogP contribution is -2.16. The van der Waals surface area contributed by atoms with Gasteiger partial charge in [-0.2, -0.15) is 0 Å². The molecular formula is C19H16ClFN4O. The van der Waals surface area contributed by atoms with Crippen molar-refractivity contribution in [1.82, 2.24) is 9.97 Å². The van der Waals surface area contributed by atoms with Crippen LogP contribution in [0.25, 0.3) is 0 Å². The number of carbonyl (C=O) groups excluding carboxylic acids is 1. The zero-order valence-corrected chi connectivity index (χ0v) is 14.9. The molecular weight excluding hydrogens is 355 g/mol. The topological polar surface area (TPSA) is 66.9 Å². The highest BCUT2D eigenvalue weighted by Gasteiger charge is 2.12. The van der Waals surface area contributed by atoms with Crippen LogP contribution in [0.2, 0.25) is 5.02 Å². The lowest BCUT2D eigenvalue weighted by atomic mass is 10.2. The van der Waals surface area contributed by atoms with Crippen LogP contribution in [0, 0.1) is 19.7 Å². The zero-order valence-electron chi connectivity index (χ0n) is 14.2. The van der Waals surface area contributed by atoms with Gasteiger partial charge in [-0.1, -0.05) is 11.6 Å². The van der Waals surface area contributed by atoms with Gasteiger partial charge < -0.3 is 10.6 Å². The molecule has 5 nitrogen and oxygen atoms in total. The second kappa shape index (κ2) is 7.49. The molecule has 0 unspecified atom stereocenters. The number of aryl methyl sites for hydroxylation is 2. The Bertz CT molecular complexity index is 960. The maximum absolute atomic E-state index is 13.0. The molecule has 0 bridgehead atoms. The molecule has 26 heavy (non-hydrogen) atoms. The van der Waals surface area contributed by atoms with Crippen molar-refractivity contribution < 1.29 is 9.18 Å². The van der Waals surface area contributed by atoms with Crippen LogP contribution in [0.3, 0.4) is 0 Å². The van der Waals surface area contributed by atoms with E-state index in [0.717, 1.165) is 5.56 Å². The van der Waals surface area contributed by atoms with Crippen molar-refractivity contribution in [1.29, 1.82) is 0 Å². The molecule has 1 aromatic heterocycles. The number of carbonyl (C=O) groups is 1. The van der Waals surface area contributed by atoms with E-state index in [1.165, 1.54) is 12.1 Å². The van der Waals surface area contributed by atoms with Crippen molar-refractivity contribution in [2.24, 2.45) is 0 Å². The fourth-order valence-electron chi connectivity index (χ4n) is 2.36. The standard InChI is InChI=1S/C19H16ClFN4O/c1-11-9-13(20)3-8-16(11)24-18(26)17-10-12(2)22-19(25-17)23-15-6-4-14(21)5-7-15/h3-10H,1-2H3,(H,24,26)(H,22,23,25). The number of anilines is 3. The lowest BCUT2D eigenvalue weighted by molar-refractivity contribution is 0.102. The first-order valence-electron chi connectivity index (χ1n) is 7.86. The van der Waals surface area contributed by atoms with E-state index in [4.69, 9.17) is 11.6 Å². The number of rotatable bonds is 4. The first kappa shape index (κ1) is 17.8. The fraction of sp³-hybridized carbons (Fsp3) is 0.105. The van der Waals surface area contributed by atoms with Crippen LogP contribution in [-0.4, -0.2) is 15.9 Å². The molecule has 0 atom stereocenters. The van der Waals surface area contributed by atoms with Gasteiger partial charge in [-0.3, -0.25) is 4.79 Å². The Morgan fingerprint density at radius 2 is 1.77 bits per heavy atom. The first-order valence-corrected chi connectivity index (χ1v) is 8.24. The molecule has 0 radical (unpaired) electrons. The van der Waals surface area contributed by atoms with Gasteiger partial charge in [-0.25, -0.2) is 14.4 Å². The molecule has 2 aromatic carbocycles. The van der Waals surface area contributed by atoms with E-state index in [-0.39, 0.29) is 23.4 Å². The maximum Gasteiger partial charge on any atom is 0.274 e. The summed E-state index contributed by atoms with van der Waals surface area (Å²) in [5.74, 6) is -0.434. The molecule has 1 heterocycles. The molecule has 3 aromatic rings. The van der Waals surface area contributed by atoms with Crippen LogP contribution < -0.4 is 10.6 Å². The van der Waals surface area contributed by atoms with Gasteiger partial charge in [0.2, 0.25) is 5.95 Å². The quantitative estimate of drug-likeness (QED) is 0.686. The summed E-state index contributed by atoms with van der Waals surface area (Å²) in [6.07, 6.45) is 0. The summed E-state index contributed by atoms with van der Waals surface area (Å²) in [4.78, 5) is 21.0. The summed E-state index contributed by atoms with van der Waals surface area (Å²) >= 11 is 5.93. The summed E-state index contributed by atoms with van der Waals surface area (Å²) in [5, 5.41) is 6.38. The predicted octanol–water partition coefficient (Wildman–Crippen LogP) is 4.88. The van der Waals surface area contributed by atoms with Gasteiger partial charge in [0, 0.05) is 22.1 Å². The van der Waals surface area contributed by atoms with Crippen LogP contribution in [-0.2, 0) is 0 Å². The second-order valence-corrected chi connectivity index (χ2v) is 6.20. The second-order valence-electron chi connectivity index (χ2n) is 5.76. The van der Waals surface area contributed by atoms with E-state index in [9.17, 15) is 9.18 Å². The lowest BCUT2D eigenvalue weighted by Gasteiger charge is -2.10. The average Bonchev–Trinajstić information content (AvgIpc) is 2.59. The number of hydrogen-bond acceptors (Lipinski definition) is 4. The highest BCUT2D eigenvalue weighted by molar-refractivity contribution is 6.30. The van der Waals surface area contributed by atoms with Crippen molar-refractivity contribution >= 4 is 34.8 Å².